The predicted molar refractivity (Wildman–Crippen MR) is 154 cm³/mol. The van der Waals surface area contributed by atoms with E-state index < -0.39 is 37.5 Å². The van der Waals surface area contributed by atoms with Gasteiger partial charge in [0, 0.05) is 58.0 Å². The lowest BCUT2D eigenvalue weighted by molar-refractivity contribution is -0.136. The van der Waals surface area contributed by atoms with E-state index in [0.29, 0.717) is 43.9 Å². The number of fused-ring (bicyclic) bond motifs is 1. The van der Waals surface area contributed by atoms with Crippen molar-refractivity contribution in [2.45, 2.75) is 45.4 Å². The molecule has 41 heavy (non-hydrogen) atoms. The SMILES string of the molecule is CC(NC(=O)Nc1cc(F)c(Oc2ccnc3c2c(Cl)cn3COCC[Si](C)(C)C)c(F)c1)C(=O)N1CCOCC1. The highest BCUT2D eigenvalue weighted by atomic mass is 35.5. The Hall–Kier alpha value is -3.26. The van der Waals surface area contributed by atoms with Gasteiger partial charge in [-0.25, -0.2) is 18.6 Å². The van der Waals surface area contributed by atoms with Crippen molar-refractivity contribution in [2.75, 3.05) is 38.2 Å². The van der Waals surface area contributed by atoms with Gasteiger partial charge in [-0.1, -0.05) is 31.2 Å². The van der Waals surface area contributed by atoms with Gasteiger partial charge < -0.3 is 34.3 Å². The highest BCUT2D eigenvalue weighted by Crippen LogP contribution is 2.37. The maximum absolute atomic E-state index is 15.0. The number of carbonyl (C=O) groups is 2. The largest absolute Gasteiger partial charge is 0.450 e. The number of amides is 3. The molecular weight excluding hydrogens is 576 g/mol. The lowest BCUT2D eigenvalue weighted by atomic mass is 10.2. The number of hydrogen-bond donors (Lipinski definition) is 2. The van der Waals surface area contributed by atoms with E-state index in [1.54, 1.807) is 15.7 Å². The summed E-state index contributed by atoms with van der Waals surface area (Å²) in [4.78, 5) is 30.8. The topological polar surface area (TPSA) is 107 Å². The minimum Gasteiger partial charge on any atom is -0.450 e. The third-order valence-corrected chi connectivity index (χ3v) is 8.40. The molecule has 0 radical (unpaired) electrons. The van der Waals surface area contributed by atoms with Crippen LogP contribution in [-0.2, 0) is 21.0 Å². The molecule has 1 aliphatic heterocycles. The standard InChI is InChI=1S/C27H34ClF2N5O5Si/c1-17(26(36)34-7-9-38-10-8-34)32-27(37)33-18-13-20(29)24(21(30)14-18)40-22-5-6-31-25-23(22)19(28)15-35(25)16-39-11-12-41(2,3)4/h5-6,13-15,17H,7-12,16H2,1-4H3,(H2,32,33,37). The molecule has 0 bridgehead atoms. The Kier molecular flexibility index (Phi) is 9.84. The fraction of sp³-hybridized carbons (Fsp3) is 0.444. The number of carbonyl (C=O) groups excluding carboxylic acids is 2. The number of nitrogens with zero attached hydrogens (tertiary/aromatic N) is 3. The zero-order chi connectivity index (χ0) is 29.7. The van der Waals surface area contributed by atoms with Gasteiger partial charge in [0.1, 0.15) is 24.2 Å². The van der Waals surface area contributed by atoms with Crippen molar-refractivity contribution in [3.05, 3.63) is 47.2 Å². The van der Waals surface area contributed by atoms with Crippen LogP contribution < -0.4 is 15.4 Å². The summed E-state index contributed by atoms with van der Waals surface area (Å²) in [6, 6.07) is 2.66. The molecule has 4 rings (SSSR count). The van der Waals surface area contributed by atoms with Gasteiger partial charge >= 0.3 is 6.03 Å². The van der Waals surface area contributed by atoms with Crippen LogP contribution in [0.15, 0.2) is 30.6 Å². The minimum atomic E-state index is -1.25. The summed E-state index contributed by atoms with van der Waals surface area (Å²) in [7, 11) is -1.25. The van der Waals surface area contributed by atoms with Gasteiger partial charge in [-0.15, -0.1) is 0 Å². The molecule has 3 aromatic rings. The first-order valence-corrected chi connectivity index (χ1v) is 17.3. The number of anilines is 1. The van der Waals surface area contributed by atoms with Gasteiger partial charge in [0.2, 0.25) is 5.91 Å². The second-order valence-electron chi connectivity index (χ2n) is 10.9. The van der Waals surface area contributed by atoms with E-state index in [2.05, 4.69) is 35.3 Å². The Labute approximate surface area is 242 Å². The van der Waals surface area contributed by atoms with Crippen molar-refractivity contribution < 1.29 is 32.6 Å². The third-order valence-electron chi connectivity index (χ3n) is 6.41. The van der Waals surface area contributed by atoms with Crippen LogP contribution in [0.3, 0.4) is 0 Å². The lowest BCUT2D eigenvalue weighted by Gasteiger charge is -2.29. The van der Waals surface area contributed by atoms with E-state index in [4.69, 9.17) is 25.8 Å². The number of halogens is 3. The molecule has 2 N–H and O–H groups in total. The Bertz CT molecular complexity index is 1390. The summed E-state index contributed by atoms with van der Waals surface area (Å²) in [5.41, 5.74) is 0.285. The van der Waals surface area contributed by atoms with Crippen molar-refractivity contribution in [3.63, 3.8) is 0 Å². The van der Waals surface area contributed by atoms with E-state index >= 15 is 8.78 Å². The maximum Gasteiger partial charge on any atom is 0.319 e. The number of nitrogens with one attached hydrogen (secondary N) is 2. The van der Waals surface area contributed by atoms with E-state index in [0.717, 1.165) is 18.2 Å². The first-order chi connectivity index (χ1) is 19.4. The highest BCUT2D eigenvalue weighted by Gasteiger charge is 2.24. The molecule has 0 aliphatic carbocycles. The number of rotatable bonds is 10. The molecule has 14 heteroatoms. The molecule has 3 heterocycles. The van der Waals surface area contributed by atoms with Crippen LogP contribution in [0.1, 0.15) is 6.92 Å². The van der Waals surface area contributed by atoms with Crippen LogP contribution in [0.5, 0.6) is 11.5 Å². The first kappa shape index (κ1) is 30.7. The summed E-state index contributed by atoms with van der Waals surface area (Å²) in [6.07, 6.45) is 3.08. The third kappa shape index (κ3) is 7.94. The quantitative estimate of drug-likeness (QED) is 0.234. The van der Waals surface area contributed by atoms with Crippen LogP contribution >= 0.6 is 11.6 Å². The molecule has 1 unspecified atom stereocenters. The highest BCUT2D eigenvalue weighted by molar-refractivity contribution is 6.76. The van der Waals surface area contributed by atoms with Gasteiger partial charge in [-0.05, 0) is 19.0 Å². The molecule has 3 amide bonds. The first-order valence-electron chi connectivity index (χ1n) is 13.2. The summed E-state index contributed by atoms with van der Waals surface area (Å²) in [6.45, 7) is 10.8. The van der Waals surface area contributed by atoms with Gasteiger partial charge in [0.05, 0.1) is 23.6 Å². The number of hydrogen-bond acceptors (Lipinski definition) is 6. The van der Waals surface area contributed by atoms with Crippen molar-refractivity contribution in [2.24, 2.45) is 0 Å². The van der Waals surface area contributed by atoms with E-state index in [1.807, 2.05) is 0 Å². The minimum absolute atomic E-state index is 0.104. The number of urea groups is 1. The number of ether oxygens (including phenoxy) is 3. The van der Waals surface area contributed by atoms with Crippen LogP contribution in [-0.4, -0.2) is 73.4 Å². The van der Waals surface area contributed by atoms with Crippen LogP contribution in [0.4, 0.5) is 19.3 Å². The van der Waals surface area contributed by atoms with Crippen molar-refractivity contribution in [3.8, 4) is 11.5 Å². The van der Waals surface area contributed by atoms with Crippen LogP contribution in [0.25, 0.3) is 11.0 Å². The van der Waals surface area contributed by atoms with E-state index in [-0.39, 0.29) is 29.1 Å². The zero-order valence-electron chi connectivity index (χ0n) is 23.4. The second-order valence-corrected chi connectivity index (χ2v) is 17.0. The summed E-state index contributed by atoms with van der Waals surface area (Å²) < 4.78 is 48.4. The van der Waals surface area contributed by atoms with E-state index in [9.17, 15) is 9.59 Å². The summed E-state index contributed by atoms with van der Waals surface area (Å²) in [5, 5.41) is 5.50. The smallest absolute Gasteiger partial charge is 0.319 e. The average molecular weight is 610 g/mol. The number of morpholine rings is 1. The van der Waals surface area contributed by atoms with Crippen molar-refractivity contribution >= 4 is 48.3 Å². The summed E-state index contributed by atoms with van der Waals surface area (Å²) >= 11 is 6.45. The molecule has 10 nitrogen and oxygen atoms in total. The molecular formula is C27H34ClF2N5O5Si. The lowest BCUT2D eigenvalue weighted by Crippen LogP contribution is -2.51. The molecule has 1 aromatic carbocycles. The van der Waals surface area contributed by atoms with Gasteiger partial charge in [-0.3, -0.25) is 4.79 Å². The normalized spacial score (nSPS) is 14.7. The monoisotopic (exact) mass is 609 g/mol. The molecule has 1 fully saturated rings. The summed E-state index contributed by atoms with van der Waals surface area (Å²) in [5.74, 6) is -2.94. The van der Waals surface area contributed by atoms with Crippen LogP contribution in [0, 0.1) is 11.6 Å². The number of benzene rings is 1. The Morgan fingerprint density at radius 1 is 1.20 bits per heavy atom. The van der Waals surface area contributed by atoms with Crippen molar-refractivity contribution in [1.29, 1.82) is 0 Å². The zero-order valence-corrected chi connectivity index (χ0v) is 25.2. The molecule has 1 aliphatic rings. The van der Waals surface area contributed by atoms with Gasteiger partial charge in [-0.2, -0.15) is 0 Å². The molecule has 1 saturated heterocycles. The average Bonchev–Trinajstić information content (AvgIpc) is 3.24. The molecule has 0 saturated carbocycles. The van der Waals surface area contributed by atoms with Gasteiger partial charge in [0.25, 0.3) is 0 Å². The Morgan fingerprint density at radius 2 is 1.88 bits per heavy atom. The Morgan fingerprint density at radius 3 is 2.54 bits per heavy atom. The fourth-order valence-electron chi connectivity index (χ4n) is 4.19. The van der Waals surface area contributed by atoms with E-state index in [1.165, 1.54) is 19.2 Å². The Balaban J connectivity index is 1.43. The fourth-order valence-corrected chi connectivity index (χ4v) is 5.24. The maximum atomic E-state index is 15.0. The predicted octanol–water partition coefficient (Wildman–Crippen LogP) is 5.44. The second kappa shape index (κ2) is 13.1. The van der Waals surface area contributed by atoms with Crippen molar-refractivity contribution in [1.82, 2.24) is 19.8 Å². The number of pyridine rings is 1. The van der Waals surface area contributed by atoms with Gasteiger partial charge in [0.15, 0.2) is 17.4 Å². The number of aromatic nitrogens is 2. The van der Waals surface area contributed by atoms with Crippen LogP contribution in [0.2, 0.25) is 30.7 Å². The molecule has 222 valence electrons. The molecule has 0 spiro atoms. The molecule has 2 aromatic heterocycles. The molecule has 1 atom stereocenters.